The number of amides is 2. The predicted molar refractivity (Wildman–Crippen MR) is 138 cm³/mol. The van der Waals surface area contributed by atoms with Gasteiger partial charge in [-0.2, -0.15) is 0 Å². The molecule has 0 N–H and O–H groups in total. The maximum atomic E-state index is 14.0. The van der Waals surface area contributed by atoms with E-state index in [2.05, 4.69) is 24.0 Å². The Balaban J connectivity index is 1.47. The summed E-state index contributed by atoms with van der Waals surface area (Å²) in [7, 11) is 0. The normalized spacial score (nSPS) is 24.5. The lowest BCUT2D eigenvalue weighted by Gasteiger charge is -2.44. The molecule has 200 valence electrons. The lowest BCUT2D eigenvalue weighted by atomic mass is 9.90. The summed E-state index contributed by atoms with van der Waals surface area (Å²) >= 11 is 0. The number of unbranched alkanes of at least 4 members (excludes halogenated alkanes) is 1. The third-order valence-electron chi connectivity index (χ3n) is 7.61. The van der Waals surface area contributed by atoms with Gasteiger partial charge in [-0.15, -0.1) is 0 Å². The first-order valence-corrected chi connectivity index (χ1v) is 13.8. The topological polar surface area (TPSA) is 71.6 Å². The second-order valence-electron chi connectivity index (χ2n) is 10.2. The van der Waals surface area contributed by atoms with E-state index in [0.29, 0.717) is 52.2 Å². The van der Waals surface area contributed by atoms with Crippen LogP contribution in [0.1, 0.15) is 51.0 Å². The van der Waals surface area contributed by atoms with Gasteiger partial charge in [0.1, 0.15) is 12.4 Å². The minimum Gasteiger partial charge on any atom is -0.491 e. The van der Waals surface area contributed by atoms with Crippen molar-refractivity contribution in [1.29, 1.82) is 0 Å². The van der Waals surface area contributed by atoms with E-state index >= 15 is 0 Å². The van der Waals surface area contributed by atoms with Gasteiger partial charge < -0.3 is 24.0 Å². The van der Waals surface area contributed by atoms with Crippen molar-refractivity contribution in [2.24, 2.45) is 0 Å². The molecule has 2 fully saturated rings. The van der Waals surface area contributed by atoms with Crippen molar-refractivity contribution in [2.75, 3.05) is 72.2 Å². The molecule has 1 atom stereocenters. The Morgan fingerprint density at radius 3 is 2.67 bits per heavy atom. The molecule has 2 saturated heterocycles. The van der Waals surface area contributed by atoms with Gasteiger partial charge in [0, 0.05) is 39.1 Å². The monoisotopic (exact) mass is 501 g/mol. The zero-order valence-corrected chi connectivity index (χ0v) is 21.9. The van der Waals surface area contributed by atoms with Gasteiger partial charge in [-0.1, -0.05) is 31.5 Å². The van der Waals surface area contributed by atoms with E-state index < -0.39 is 5.60 Å². The summed E-state index contributed by atoms with van der Waals surface area (Å²) in [5, 5.41) is 0. The van der Waals surface area contributed by atoms with Gasteiger partial charge in [-0.05, 0) is 43.7 Å². The predicted octanol–water partition coefficient (Wildman–Crippen LogP) is 2.74. The summed E-state index contributed by atoms with van der Waals surface area (Å²) in [4.78, 5) is 33.3. The molecule has 36 heavy (non-hydrogen) atoms. The van der Waals surface area contributed by atoms with Crippen molar-refractivity contribution >= 4 is 11.8 Å². The fourth-order valence-corrected chi connectivity index (χ4v) is 5.42. The van der Waals surface area contributed by atoms with Crippen molar-refractivity contribution < 1.29 is 23.8 Å². The molecule has 8 nitrogen and oxygen atoms in total. The fourth-order valence-electron chi connectivity index (χ4n) is 5.42. The Morgan fingerprint density at radius 2 is 1.83 bits per heavy atom. The largest absolute Gasteiger partial charge is 0.491 e. The molecule has 3 aliphatic rings. The van der Waals surface area contributed by atoms with E-state index in [-0.39, 0.29) is 11.8 Å². The highest BCUT2D eigenvalue weighted by molar-refractivity contribution is 5.87. The van der Waals surface area contributed by atoms with Crippen LogP contribution < -0.4 is 4.74 Å². The third-order valence-corrected chi connectivity index (χ3v) is 7.61. The molecule has 4 rings (SSSR count). The zero-order chi connectivity index (χ0) is 25.2. The first-order valence-electron chi connectivity index (χ1n) is 13.8. The number of fused-ring (bicyclic) bond motifs is 1. The van der Waals surface area contributed by atoms with Crippen LogP contribution in [0.2, 0.25) is 0 Å². The number of hydrogen-bond donors (Lipinski definition) is 0. The summed E-state index contributed by atoms with van der Waals surface area (Å²) < 4.78 is 17.9. The summed E-state index contributed by atoms with van der Waals surface area (Å²) in [6, 6.07) is 8.20. The second kappa shape index (κ2) is 13.4. The lowest BCUT2D eigenvalue weighted by molar-refractivity contribution is -0.177. The molecule has 3 aliphatic heterocycles. The summed E-state index contributed by atoms with van der Waals surface area (Å²) in [5.41, 5.74) is 0.238. The Labute approximate surface area is 215 Å². The lowest BCUT2D eigenvalue weighted by Crippen LogP contribution is -2.62. The molecular formula is C28H43N3O5. The Hall–Kier alpha value is -2.16. The maximum Gasteiger partial charge on any atom is 0.256 e. The number of ether oxygens (including phenoxy) is 3. The summed E-state index contributed by atoms with van der Waals surface area (Å²) in [5.74, 6) is 1.04. The highest BCUT2D eigenvalue weighted by Gasteiger charge is 2.46. The first kappa shape index (κ1) is 26.9. The highest BCUT2D eigenvalue weighted by atomic mass is 16.5. The van der Waals surface area contributed by atoms with Crippen molar-refractivity contribution in [1.82, 2.24) is 14.7 Å². The van der Waals surface area contributed by atoms with E-state index in [1.54, 1.807) is 0 Å². The molecule has 0 radical (unpaired) electrons. The number of aryl methyl sites for hydroxylation is 1. The average molecular weight is 502 g/mol. The number of carbonyl (C=O) groups excluding carboxylic acids is 2. The van der Waals surface area contributed by atoms with Crippen LogP contribution in [0, 0.1) is 0 Å². The minimum absolute atomic E-state index is 0.0130. The summed E-state index contributed by atoms with van der Waals surface area (Å²) in [6.07, 6.45) is 5.74. The molecule has 1 spiro atoms. The Morgan fingerprint density at radius 1 is 1.00 bits per heavy atom. The van der Waals surface area contributed by atoms with Crippen molar-refractivity contribution in [2.45, 2.75) is 57.5 Å². The molecule has 2 amide bonds. The molecule has 8 heteroatoms. The molecular weight excluding hydrogens is 458 g/mol. The van der Waals surface area contributed by atoms with Crippen molar-refractivity contribution in [3.63, 3.8) is 0 Å². The maximum absolute atomic E-state index is 14.0. The molecule has 1 unspecified atom stereocenters. The molecule has 0 aliphatic carbocycles. The van der Waals surface area contributed by atoms with E-state index in [0.717, 1.165) is 70.7 Å². The van der Waals surface area contributed by atoms with Crippen molar-refractivity contribution in [3.05, 3.63) is 29.8 Å². The van der Waals surface area contributed by atoms with Gasteiger partial charge in [0.05, 0.1) is 32.9 Å². The first-order chi connectivity index (χ1) is 17.6. The number of hydrogen-bond acceptors (Lipinski definition) is 6. The molecule has 0 saturated carbocycles. The highest BCUT2D eigenvalue weighted by Crippen LogP contribution is 2.30. The molecule has 1 aromatic carbocycles. The van der Waals surface area contributed by atoms with E-state index in [4.69, 9.17) is 14.2 Å². The quantitative estimate of drug-likeness (QED) is 0.597. The number of nitrogens with zero attached hydrogens (tertiary/aromatic N) is 3. The van der Waals surface area contributed by atoms with Crippen LogP contribution in [0.25, 0.3) is 0 Å². The Bertz CT molecular complexity index is 859. The van der Waals surface area contributed by atoms with Gasteiger partial charge in [0.2, 0.25) is 5.91 Å². The van der Waals surface area contributed by atoms with E-state index in [1.807, 2.05) is 21.9 Å². The van der Waals surface area contributed by atoms with Gasteiger partial charge in [-0.25, -0.2) is 0 Å². The number of rotatable bonds is 6. The Kier molecular flexibility index (Phi) is 10.0. The van der Waals surface area contributed by atoms with Crippen LogP contribution in [0.15, 0.2) is 24.3 Å². The van der Waals surface area contributed by atoms with Gasteiger partial charge in [0.25, 0.3) is 5.91 Å². The van der Waals surface area contributed by atoms with Crippen LogP contribution in [-0.4, -0.2) is 104 Å². The zero-order valence-electron chi connectivity index (χ0n) is 21.9. The molecule has 0 bridgehead atoms. The average Bonchev–Trinajstić information content (AvgIpc) is 2.92. The van der Waals surface area contributed by atoms with Crippen LogP contribution in [0.5, 0.6) is 5.75 Å². The van der Waals surface area contributed by atoms with Crippen molar-refractivity contribution in [3.8, 4) is 5.75 Å². The molecule has 3 heterocycles. The SMILES string of the molecule is CCCCN1CCOc2ccccc2CCCCC2(CN(C(=O)CCN3CCOCC3)CCO2)C1=O. The van der Waals surface area contributed by atoms with Crippen LogP contribution >= 0.6 is 0 Å². The number of morpholine rings is 2. The summed E-state index contributed by atoms with van der Waals surface area (Å²) in [6.45, 7) is 9.00. The van der Waals surface area contributed by atoms with Gasteiger partial charge in [0.15, 0.2) is 5.60 Å². The van der Waals surface area contributed by atoms with Crippen LogP contribution in [0.4, 0.5) is 0 Å². The fraction of sp³-hybridized carbons (Fsp3) is 0.714. The van der Waals surface area contributed by atoms with E-state index in [1.165, 1.54) is 5.56 Å². The number of carbonyl (C=O) groups is 2. The molecule has 0 aromatic heterocycles. The van der Waals surface area contributed by atoms with Crippen LogP contribution in [-0.2, 0) is 25.5 Å². The van der Waals surface area contributed by atoms with E-state index in [9.17, 15) is 9.59 Å². The van der Waals surface area contributed by atoms with Crippen LogP contribution in [0.3, 0.4) is 0 Å². The molecule has 1 aromatic rings. The standard InChI is InChI=1S/C28H43N3O5/c1-2-3-13-30-17-21-35-25-10-5-4-8-24(25)9-6-7-12-28(27(30)33)23-31(18-22-36-28)26(32)11-14-29-15-19-34-20-16-29/h4-5,8,10H,2-3,6-7,9,11-23H2,1H3. The van der Waals surface area contributed by atoms with Gasteiger partial charge >= 0.3 is 0 Å². The number of benzene rings is 1. The van der Waals surface area contributed by atoms with Gasteiger partial charge in [-0.3, -0.25) is 14.5 Å². The smallest absolute Gasteiger partial charge is 0.256 e. The third kappa shape index (κ3) is 6.99. The second-order valence-corrected chi connectivity index (χ2v) is 10.2. The number of para-hydroxylation sites is 1. The minimum atomic E-state index is -0.973.